The third-order valence-electron chi connectivity index (χ3n) is 6.52. The van der Waals surface area contributed by atoms with E-state index in [1.165, 1.54) is 4.90 Å². The molecule has 0 saturated heterocycles. The Balaban J connectivity index is 1.64. The van der Waals surface area contributed by atoms with Crippen LogP contribution in [0.3, 0.4) is 0 Å². The Morgan fingerprint density at radius 1 is 1.03 bits per heavy atom. The minimum absolute atomic E-state index is 0.0282. The summed E-state index contributed by atoms with van der Waals surface area (Å²) in [6.07, 6.45) is 0. The van der Waals surface area contributed by atoms with Crippen molar-refractivity contribution in [1.29, 1.82) is 5.26 Å². The lowest BCUT2D eigenvalue weighted by Crippen LogP contribution is -2.31. The number of rotatable bonds is 4. The van der Waals surface area contributed by atoms with E-state index in [4.69, 9.17) is 4.42 Å². The predicted octanol–water partition coefficient (Wildman–Crippen LogP) is 7.15. The minimum Gasteiger partial charge on any atom is -0.503 e. The molecule has 2 heterocycles. The highest BCUT2D eigenvalue weighted by Gasteiger charge is 2.45. The number of nitrogens with zero attached hydrogens (tertiary/aromatic N) is 2. The molecule has 0 bridgehead atoms. The second kappa shape index (κ2) is 9.06. The number of furan rings is 1. The summed E-state index contributed by atoms with van der Waals surface area (Å²) in [5.74, 6) is -1.86. The van der Waals surface area contributed by atoms with Crippen molar-refractivity contribution >= 4 is 44.3 Å². The number of carbonyl (C=O) groups is 2. The Morgan fingerprint density at radius 3 is 2.32 bits per heavy atom. The first-order chi connectivity index (χ1) is 17.6. The molecule has 37 heavy (non-hydrogen) atoms. The van der Waals surface area contributed by atoms with Crippen LogP contribution in [-0.2, 0) is 10.2 Å². The molecule has 1 atom stereocenters. The van der Waals surface area contributed by atoms with Crippen molar-refractivity contribution in [2.75, 3.05) is 4.90 Å². The average molecular weight is 555 g/mol. The number of benzene rings is 3. The van der Waals surface area contributed by atoms with Gasteiger partial charge in [0.1, 0.15) is 5.58 Å². The van der Waals surface area contributed by atoms with Crippen molar-refractivity contribution in [2.45, 2.75) is 32.2 Å². The number of amides is 1. The van der Waals surface area contributed by atoms with E-state index < -0.39 is 23.5 Å². The summed E-state index contributed by atoms with van der Waals surface area (Å²) in [5, 5.41) is 20.9. The van der Waals surface area contributed by atoms with Gasteiger partial charge in [0, 0.05) is 15.5 Å². The number of Topliss-reactive ketones (excluding diaryl/α,β-unsaturated/α-hetero) is 1. The second-order valence-corrected chi connectivity index (χ2v) is 10.9. The van der Waals surface area contributed by atoms with Crippen LogP contribution in [0.4, 0.5) is 5.69 Å². The van der Waals surface area contributed by atoms with E-state index in [2.05, 4.69) is 42.8 Å². The van der Waals surface area contributed by atoms with Gasteiger partial charge in [-0.1, -0.05) is 61.0 Å². The molecule has 3 aromatic carbocycles. The van der Waals surface area contributed by atoms with Crippen molar-refractivity contribution in [1.82, 2.24) is 0 Å². The second-order valence-electron chi connectivity index (χ2n) is 9.99. The van der Waals surface area contributed by atoms with Crippen LogP contribution in [-0.4, -0.2) is 16.8 Å². The number of hydrogen-bond donors (Lipinski definition) is 1. The molecule has 7 heteroatoms. The number of nitriles is 1. The number of fused-ring (bicyclic) bond motifs is 1. The fraction of sp³-hybridized carbons (Fsp3) is 0.167. The molecule has 0 radical (unpaired) electrons. The van der Waals surface area contributed by atoms with E-state index >= 15 is 0 Å². The quantitative estimate of drug-likeness (QED) is 0.270. The topological polar surface area (TPSA) is 94.5 Å². The predicted molar refractivity (Wildman–Crippen MR) is 144 cm³/mol. The van der Waals surface area contributed by atoms with E-state index in [1.807, 2.05) is 36.4 Å². The largest absolute Gasteiger partial charge is 0.503 e. The van der Waals surface area contributed by atoms with Gasteiger partial charge in [0.05, 0.1) is 23.2 Å². The number of aliphatic hydroxyl groups is 1. The number of ketones is 1. The molecule has 4 aromatic rings. The Hall–Kier alpha value is -4.15. The van der Waals surface area contributed by atoms with Gasteiger partial charge in [-0.2, -0.15) is 5.26 Å². The lowest BCUT2D eigenvalue weighted by molar-refractivity contribution is -0.117. The highest BCUT2D eigenvalue weighted by molar-refractivity contribution is 9.10. The van der Waals surface area contributed by atoms with Crippen molar-refractivity contribution in [2.24, 2.45) is 0 Å². The summed E-state index contributed by atoms with van der Waals surface area (Å²) >= 11 is 3.42. The maximum absolute atomic E-state index is 13.8. The first-order valence-corrected chi connectivity index (χ1v) is 12.5. The Morgan fingerprint density at radius 2 is 1.70 bits per heavy atom. The van der Waals surface area contributed by atoms with Crippen LogP contribution in [0.1, 0.15) is 54.1 Å². The molecule has 1 N–H and O–H groups in total. The molecule has 1 aliphatic rings. The maximum Gasteiger partial charge on any atom is 0.294 e. The Labute approximate surface area is 222 Å². The summed E-state index contributed by atoms with van der Waals surface area (Å²) in [5.41, 5.74) is 3.02. The molecule has 0 aliphatic carbocycles. The van der Waals surface area contributed by atoms with Gasteiger partial charge in [0.15, 0.2) is 11.5 Å². The normalized spacial score (nSPS) is 15.9. The molecule has 1 aromatic heterocycles. The zero-order valence-electron chi connectivity index (χ0n) is 20.4. The van der Waals surface area contributed by atoms with Crippen molar-refractivity contribution < 1.29 is 19.1 Å². The number of aliphatic hydroxyl groups excluding tert-OH is 1. The SMILES string of the molecule is CC(C)(C)c1ccc(C2C(C(=O)c3cc4cc(Br)ccc4o3)=C(O)C(=O)N2c2ccc(C#N)cc2)cc1. The van der Waals surface area contributed by atoms with Gasteiger partial charge in [0.2, 0.25) is 5.78 Å². The number of carbonyl (C=O) groups excluding carboxylic acids is 2. The molecule has 5 rings (SSSR count). The number of hydrogen-bond acceptors (Lipinski definition) is 5. The van der Waals surface area contributed by atoms with Gasteiger partial charge in [-0.05, 0) is 65.1 Å². The highest BCUT2D eigenvalue weighted by Crippen LogP contribution is 2.43. The van der Waals surface area contributed by atoms with Crippen LogP contribution < -0.4 is 4.90 Å². The molecule has 1 aliphatic heterocycles. The molecule has 0 saturated carbocycles. The summed E-state index contributed by atoms with van der Waals surface area (Å²) in [7, 11) is 0. The van der Waals surface area contributed by atoms with Gasteiger partial charge in [0.25, 0.3) is 5.91 Å². The average Bonchev–Trinajstić information content (AvgIpc) is 3.41. The number of halogens is 1. The van der Waals surface area contributed by atoms with E-state index in [9.17, 15) is 20.0 Å². The third kappa shape index (κ3) is 4.34. The van der Waals surface area contributed by atoms with Gasteiger partial charge < -0.3 is 9.52 Å². The van der Waals surface area contributed by atoms with E-state index in [1.54, 1.807) is 36.4 Å². The molecule has 0 fully saturated rings. The molecule has 1 unspecified atom stereocenters. The molecule has 6 nitrogen and oxygen atoms in total. The number of anilines is 1. The third-order valence-corrected chi connectivity index (χ3v) is 7.02. The fourth-order valence-electron chi connectivity index (χ4n) is 4.54. The Bertz CT molecular complexity index is 1620. The molecule has 0 spiro atoms. The zero-order valence-corrected chi connectivity index (χ0v) is 22.0. The van der Waals surface area contributed by atoms with E-state index in [-0.39, 0.29) is 16.7 Å². The van der Waals surface area contributed by atoms with Crippen LogP contribution in [0.15, 0.2) is 93.0 Å². The fourth-order valence-corrected chi connectivity index (χ4v) is 4.92. The molecular weight excluding hydrogens is 532 g/mol. The smallest absolute Gasteiger partial charge is 0.294 e. The lowest BCUT2D eigenvalue weighted by atomic mass is 9.85. The van der Waals surface area contributed by atoms with Crippen LogP contribution in [0.2, 0.25) is 0 Å². The van der Waals surface area contributed by atoms with Crippen molar-refractivity contribution in [3.63, 3.8) is 0 Å². The van der Waals surface area contributed by atoms with Crippen LogP contribution in [0.5, 0.6) is 0 Å². The van der Waals surface area contributed by atoms with Crippen molar-refractivity contribution in [3.05, 3.63) is 111 Å². The molecule has 1 amide bonds. The van der Waals surface area contributed by atoms with Crippen LogP contribution in [0, 0.1) is 11.3 Å². The van der Waals surface area contributed by atoms with E-state index in [0.29, 0.717) is 22.4 Å². The highest BCUT2D eigenvalue weighted by atomic mass is 79.9. The van der Waals surface area contributed by atoms with Crippen LogP contribution in [0.25, 0.3) is 11.0 Å². The summed E-state index contributed by atoms with van der Waals surface area (Å²) in [4.78, 5) is 28.6. The van der Waals surface area contributed by atoms with Gasteiger partial charge in [-0.25, -0.2) is 0 Å². The standard InChI is InChI=1S/C30H23BrN2O4/c1-30(2,3)20-8-6-18(7-9-20)26-25(27(34)24-15-19-14-21(31)10-13-23(19)37-24)28(35)29(36)33(26)22-11-4-17(16-32)5-12-22/h4-15,26,35H,1-3H3. The Kier molecular flexibility index (Phi) is 6.01. The monoisotopic (exact) mass is 554 g/mol. The first-order valence-electron chi connectivity index (χ1n) is 11.7. The molecule has 184 valence electrons. The summed E-state index contributed by atoms with van der Waals surface area (Å²) < 4.78 is 6.65. The zero-order chi connectivity index (χ0) is 26.5. The maximum atomic E-state index is 13.8. The minimum atomic E-state index is -0.887. The summed E-state index contributed by atoms with van der Waals surface area (Å²) in [6, 6.07) is 22.3. The van der Waals surface area contributed by atoms with Crippen LogP contribution >= 0.6 is 15.9 Å². The molecular formula is C30H23BrN2O4. The lowest BCUT2D eigenvalue weighted by Gasteiger charge is -2.27. The van der Waals surface area contributed by atoms with Gasteiger partial charge in [-0.3, -0.25) is 14.5 Å². The van der Waals surface area contributed by atoms with Gasteiger partial charge >= 0.3 is 0 Å². The first kappa shape index (κ1) is 24.5. The van der Waals surface area contributed by atoms with E-state index in [0.717, 1.165) is 15.4 Å². The summed E-state index contributed by atoms with van der Waals surface area (Å²) in [6.45, 7) is 6.31. The van der Waals surface area contributed by atoms with Crippen molar-refractivity contribution in [3.8, 4) is 6.07 Å². The van der Waals surface area contributed by atoms with Gasteiger partial charge in [-0.15, -0.1) is 0 Å².